The predicted molar refractivity (Wildman–Crippen MR) is 76.0 cm³/mol. The zero-order chi connectivity index (χ0) is 13.7. The molecule has 0 aromatic carbocycles. The van der Waals surface area contributed by atoms with Crippen LogP contribution in [0.1, 0.15) is 64.8 Å². The minimum Gasteiger partial charge on any atom is -0.406 e. The van der Waals surface area contributed by atoms with Crippen molar-refractivity contribution in [2.24, 2.45) is 5.92 Å². The Bertz CT molecular complexity index is 371. The van der Waals surface area contributed by atoms with Gasteiger partial charge in [-0.15, -0.1) is 5.10 Å². The zero-order valence-electron chi connectivity index (χ0n) is 12.3. The van der Waals surface area contributed by atoms with Gasteiger partial charge in [-0.3, -0.25) is 0 Å². The number of hydrogen-bond acceptors (Lipinski definition) is 5. The topological polar surface area (TPSA) is 63.0 Å². The van der Waals surface area contributed by atoms with E-state index in [2.05, 4.69) is 41.6 Å². The second-order valence-electron chi connectivity index (χ2n) is 5.72. The number of aromatic nitrogens is 2. The van der Waals surface area contributed by atoms with E-state index in [-0.39, 0.29) is 6.04 Å². The molecule has 1 aliphatic rings. The molecule has 0 amide bonds. The summed E-state index contributed by atoms with van der Waals surface area (Å²) in [6.45, 7) is 7.48. The molecule has 0 aliphatic heterocycles. The van der Waals surface area contributed by atoms with Crippen LogP contribution in [0.3, 0.4) is 0 Å². The van der Waals surface area contributed by atoms with Gasteiger partial charge in [0.15, 0.2) is 0 Å². The summed E-state index contributed by atoms with van der Waals surface area (Å²) < 4.78 is 5.68. The van der Waals surface area contributed by atoms with E-state index in [1.54, 1.807) is 0 Å². The second kappa shape index (κ2) is 6.89. The van der Waals surface area contributed by atoms with Crippen molar-refractivity contribution in [2.75, 3.05) is 11.9 Å². The van der Waals surface area contributed by atoms with Crippen LogP contribution in [0.2, 0.25) is 0 Å². The third kappa shape index (κ3) is 4.20. The zero-order valence-corrected chi connectivity index (χ0v) is 12.3. The Morgan fingerprint density at radius 2 is 2.00 bits per heavy atom. The van der Waals surface area contributed by atoms with Crippen molar-refractivity contribution in [1.29, 1.82) is 0 Å². The van der Waals surface area contributed by atoms with Gasteiger partial charge in [-0.1, -0.05) is 18.9 Å². The molecule has 1 heterocycles. The van der Waals surface area contributed by atoms with Gasteiger partial charge < -0.3 is 15.1 Å². The summed E-state index contributed by atoms with van der Waals surface area (Å²) in [7, 11) is 0. The van der Waals surface area contributed by atoms with Crippen molar-refractivity contribution in [3.63, 3.8) is 0 Å². The number of nitrogens with one attached hydrogen (secondary N) is 2. The van der Waals surface area contributed by atoms with E-state index in [0.29, 0.717) is 17.9 Å². The molecular formula is C14H26N4O. The molecule has 0 saturated heterocycles. The van der Waals surface area contributed by atoms with Gasteiger partial charge in [0.2, 0.25) is 5.89 Å². The van der Waals surface area contributed by atoms with E-state index in [4.69, 9.17) is 4.42 Å². The van der Waals surface area contributed by atoms with Gasteiger partial charge in [-0.05, 0) is 51.5 Å². The van der Waals surface area contributed by atoms with Crippen LogP contribution in [0, 0.1) is 5.92 Å². The maximum absolute atomic E-state index is 5.68. The van der Waals surface area contributed by atoms with Crippen molar-refractivity contribution in [3.8, 4) is 0 Å². The molecule has 0 radical (unpaired) electrons. The summed E-state index contributed by atoms with van der Waals surface area (Å²) >= 11 is 0. The Hall–Kier alpha value is -1.10. The average molecular weight is 266 g/mol. The van der Waals surface area contributed by atoms with Crippen LogP contribution in [-0.4, -0.2) is 22.8 Å². The summed E-state index contributed by atoms with van der Waals surface area (Å²) in [5.41, 5.74) is 0. The van der Waals surface area contributed by atoms with Gasteiger partial charge >= 0.3 is 6.01 Å². The van der Waals surface area contributed by atoms with Gasteiger partial charge in [0.25, 0.3) is 0 Å². The Labute approximate surface area is 115 Å². The quantitative estimate of drug-likeness (QED) is 0.828. The highest BCUT2D eigenvalue weighted by Gasteiger charge is 2.20. The second-order valence-corrected chi connectivity index (χ2v) is 5.72. The number of hydrogen-bond donors (Lipinski definition) is 2. The molecule has 2 N–H and O–H groups in total. The lowest BCUT2D eigenvalue weighted by molar-refractivity contribution is 0.353. The summed E-state index contributed by atoms with van der Waals surface area (Å²) in [5, 5.41) is 14.9. The molecule has 108 valence electrons. The minimum atomic E-state index is 0.120. The summed E-state index contributed by atoms with van der Waals surface area (Å²) in [6.07, 6.45) is 6.06. The lowest BCUT2D eigenvalue weighted by Crippen LogP contribution is -2.25. The van der Waals surface area contributed by atoms with Crippen molar-refractivity contribution >= 4 is 6.01 Å². The first-order chi connectivity index (χ1) is 9.19. The first-order valence-electron chi connectivity index (χ1n) is 7.52. The van der Waals surface area contributed by atoms with Crippen LogP contribution < -0.4 is 10.6 Å². The smallest absolute Gasteiger partial charge is 0.315 e. The highest BCUT2D eigenvalue weighted by molar-refractivity contribution is 5.20. The summed E-state index contributed by atoms with van der Waals surface area (Å²) in [4.78, 5) is 0. The number of rotatable bonds is 6. The van der Waals surface area contributed by atoms with Crippen LogP contribution in [0.5, 0.6) is 0 Å². The fourth-order valence-corrected chi connectivity index (χ4v) is 2.50. The molecular weight excluding hydrogens is 240 g/mol. The van der Waals surface area contributed by atoms with E-state index in [0.717, 1.165) is 18.9 Å². The predicted octanol–water partition coefficient (Wildman–Crippen LogP) is 3.12. The Balaban J connectivity index is 1.83. The molecule has 2 rings (SSSR count). The molecule has 5 heteroatoms. The lowest BCUT2D eigenvalue weighted by Gasteiger charge is -2.25. The molecule has 19 heavy (non-hydrogen) atoms. The Kier molecular flexibility index (Phi) is 5.19. The van der Waals surface area contributed by atoms with Gasteiger partial charge in [0.05, 0.1) is 6.04 Å². The first-order valence-corrected chi connectivity index (χ1v) is 7.52. The van der Waals surface area contributed by atoms with Crippen LogP contribution in [-0.2, 0) is 0 Å². The lowest BCUT2D eigenvalue weighted by atomic mass is 9.87. The van der Waals surface area contributed by atoms with Crippen molar-refractivity contribution in [1.82, 2.24) is 15.5 Å². The monoisotopic (exact) mass is 266 g/mol. The molecule has 1 aliphatic carbocycles. The van der Waals surface area contributed by atoms with Crippen LogP contribution in [0.15, 0.2) is 4.42 Å². The molecule has 0 spiro atoms. The van der Waals surface area contributed by atoms with Crippen molar-refractivity contribution < 1.29 is 4.42 Å². The summed E-state index contributed by atoms with van der Waals surface area (Å²) in [5.74, 6) is 1.52. The van der Waals surface area contributed by atoms with Gasteiger partial charge in [0, 0.05) is 6.04 Å². The molecule has 1 atom stereocenters. The van der Waals surface area contributed by atoms with Gasteiger partial charge in [0.1, 0.15) is 0 Å². The van der Waals surface area contributed by atoms with Gasteiger partial charge in [-0.2, -0.15) is 0 Å². The molecule has 1 saturated carbocycles. The Morgan fingerprint density at radius 3 is 2.68 bits per heavy atom. The molecule has 1 unspecified atom stereocenters. The first kappa shape index (κ1) is 14.3. The molecule has 1 aromatic rings. The van der Waals surface area contributed by atoms with Crippen LogP contribution in [0.25, 0.3) is 0 Å². The van der Waals surface area contributed by atoms with Crippen molar-refractivity contribution in [3.05, 3.63) is 5.89 Å². The maximum atomic E-state index is 5.68. The maximum Gasteiger partial charge on any atom is 0.315 e. The molecule has 1 fully saturated rings. The van der Waals surface area contributed by atoms with E-state index in [1.165, 1.54) is 25.7 Å². The van der Waals surface area contributed by atoms with Crippen molar-refractivity contribution in [2.45, 2.75) is 65.0 Å². The molecule has 0 bridgehead atoms. The molecule has 1 aromatic heterocycles. The average Bonchev–Trinajstić information content (AvgIpc) is 2.87. The largest absolute Gasteiger partial charge is 0.406 e. The SMILES string of the molecule is CCCNC(C)c1nnc(NC2CCC(C)CC2)o1. The Morgan fingerprint density at radius 1 is 1.26 bits per heavy atom. The van der Waals surface area contributed by atoms with E-state index < -0.39 is 0 Å². The highest BCUT2D eigenvalue weighted by Crippen LogP contribution is 2.26. The minimum absolute atomic E-state index is 0.120. The third-order valence-corrected chi connectivity index (χ3v) is 3.86. The fourth-order valence-electron chi connectivity index (χ4n) is 2.50. The highest BCUT2D eigenvalue weighted by atomic mass is 16.4. The number of anilines is 1. The standard InChI is InChI=1S/C14H26N4O/c1-4-9-15-11(3)13-17-18-14(19-13)16-12-7-5-10(2)6-8-12/h10-12,15H,4-9H2,1-3H3,(H,16,18). The molecule has 5 nitrogen and oxygen atoms in total. The van der Waals surface area contributed by atoms with E-state index in [9.17, 15) is 0 Å². The number of nitrogens with zero attached hydrogens (tertiary/aromatic N) is 2. The van der Waals surface area contributed by atoms with E-state index in [1.807, 2.05) is 0 Å². The normalized spacial score (nSPS) is 25.2. The van der Waals surface area contributed by atoms with Crippen LogP contribution in [0.4, 0.5) is 6.01 Å². The van der Waals surface area contributed by atoms with Crippen LogP contribution >= 0.6 is 0 Å². The van der Waals surface area contributed by atoms with E-state index >= 15 is 0 Å². The summed E-state index contributed by atoms with van der Waals surface area (Å²) in [6, 6.07) is 1.18. The third-order valence-electron chi connectivity index (χ3n) is 3.86. The van der Waals surface area contributed by atoms with Gasteiger partial charge in [-0.25, -0.2) is 0 Å². The fraction of sp³-hybridized carbons (Fsp3) is 0.857.